The van der Waals surface area contributed by atoms with Gasteiger partial charge in [0.25, 0.3) is 0 Å². The third-order valence-electron chi connectivity index (χ3n) is 6.90. The van der Waals surface area contributed by atoms with E-state index in [0.717, 1.165) is 30.6 Å². The Hall–Kier alpha value is -2.30. The Bertz CT molecular complexity index is 859. The molecule has 0 N–H and O–H groups in total. The number of hydrogen-bond donors (Lipinski definition) is 0. The third-order valence-corrected chi connectivity index (χ3v) is 6.90. The third kappa shape index (κ3) is 3.92. The second-order valence-corrected chi connectivity index (χ2v) is 8.69. The van der Waals surface area contributed by atoms with E-state index >= 15 is 0 Å². The van der Waals surface area contributed by atoms with E-state index < -0.39 is 12.2 Å². The molecule has 1 aromatic heterocycles. The predicted octanol–water partition coefficient (Wildman–Crippen LogP) is 4.86. The first-order valence-corrected chi connectivity index (χ1v) is 10.4. The van der Waals surface area contributed by atoms with Gasteiger partial charge in [-0.25, -0.2) is 9.59 Å². The van der Waals surface area contributed by atoms with Crippen LogP contribution in [-0.4, -0.2) is 24.1 Å². The number of hydrogen-bond acceptors (Lipinski definition) is 5. The Morgan fingerprint density at radius 3 is 2.34 bits per heavy atom. The molecule has 1 aromatic rings. The van der Waals surface area contributed by atoms with E-state index in [0.29, 0.717) is 23.5 Å². The van der Waals surface area contributed by atoms with Crippen molar-refractivity contribution in [3.05, 3.63) is 46.4 Å². The summed E-state index contributed by atoms with van der Waals surface area (Å²) in [4.78, 5) is 25.2. The quantitative estimate of drug-likeness (QED) is 0.533. The van der Waals surface area contributed by atoms with Gasteiger partial charge in [-0.1, -0.05) is 19.1 Å². The monoisotopic (exact) mass is 400 g/mol. The molecule has 0 aromatic carbocycles. The normalized spacial score (nSPS) is 29.7. The topological polar surface area (TPSA) is 65.7 Å². The van der Waals surface area contributed by atoms with E-state index in [1.165, 1.54) is 5.56 Å². The molecule has 5 nitrogen and oxygen atoms in total. The minimum Gasteiger partial charge on any atom is -0.469 e. The number of carbonyl (C=O) groups is 2. The highest BCUT2D eigenvalue weighted by atomic mass is 16.6. The summed E-state index contributed by atoms with van der Waals surface area (Å²) >= 11 is 0. The molecule has 4 atom stereocenters. The minimum absolute atomic E-state index is 0.307. The molecule has 5 heteroatoms. The van der Waals surface area contributed by atoms with Crippen LogP contribution in [0.25, 0.3) is 0 Å². The van der Waals surface area contributed by atoms with Crippen LogP contribution >= 0.6 is 0 Å². The van der Waals surface area contributed by atoms with Crippen LogP contribution in [-0.2, 0) is 31.9 Å². The van der Waals surface area contributed by atoms with Crippen molar-refractivity contribution < 1.29 is 23.5 Å². The Morgan fingerprint density at radius 1 is 1.10 bits per heavy atom. The lowest BCUT2D eigenvalue weighted by molar-refractivity contribution is -0.189. The molecule has 1 heterocycles. The molecule has 0 bridgehead atoms. The summed E-state index contributed by atoms with van der Waals surface area (Å²) < 4.78 is 17.7. The second-order valence-electron chi connectivity index (χ2n) is 8.69. The standard InChI is InChI=1S/C24H32O5/c1-7-14(3)22(25)28-19-10-9-17-11-20-18(16(5)13-27-20)12-24(17,6)21(19)29-23(26)15(4)8-2/h7-8,13,17,19,21H,9-12H2,1-6H3/t17-,19-,21-,24-/m0/s1. The summed E-state index contributed by atoms with van der Waals surface area (Å²) in [7, 11) is 0. The van der Waals surface area contributed by atoms with Gasteiger partial charge in [-0.05, 0) is 70.9 Å². The zero-order valence-corrected chi connectivity index (χ0v) is 18.3. The van der Waals surface area contributed by atoms with Crippen LogP contribution in [0.15, 0.2) is 34.0 Å². The van der Waals surface area contributed by atoms with E-state index in [2.05, 4.69) is 6.92 Å². The first kappa shape index (κ1) is 21.4. The van der Waals surface area contributed by atoms with Crippen molar-refractivity contribution in [2.45, 2.75) is 79.4 Å². The number of fused-ring (bicyclic) bond motifs is 2. The van der Waals surface area contributed by atoms with Crippen LogP contribution in [0.4, 0.5) is 0 Å². The largest absolute Gasteiger partial charge is 0.469 e. The maximum atomic E-state index is 12.7. The number of esters is 2. The summed E-state index contributed by atoms with van der Waals surface area (Å²) in [5.41, 5.74) is 3.12. The Balaban J connectivity index is 1.96. The van der Waals surface area contributed by atoms with Crippen molar-refractivity contribution >= 4 is 11.9 Å². The van der Waals surface area contributed by atoms with Gasteiger partial charge in [-0.2, -0.15) is 0 Å². The number of ether oxygens (including phenoxy) is 2. The number of allylic oxidation sites excluding steroid dienone is 2. The van der Waals surface area contributed by atoms with Crippen molar-refractivity contribution in [1.29, 1.82) is 0 Å². The maximum Gasteiger partial charge on any atom is 0.333 e. The highest BCUT2D eigenvalue weighted by Crippen LogP contribution is 2.51. The minimum atomic E-state index is -0.500. The van der Waals surface area contributed by atoms with Crippen LogP contribution in [0, 0.1) is 18.3 Å². The Morgan fingerprint density at radius 2 is 1.72 bits per heavy atom. The lowest BCUT2D eigenvalue weighted by Crippen LogP contribution is -2.56. The van der Waals surface area contributed by atoms with Gasteiger partial charge in [0.05, 0.1) is 6.26 Å². The summed E-state index contributed by atoms with van der Waals surface area (Å²) in [5, 5.41) is 0. The SMILES string of the molecule is CC=C(C)C(=O)O[C@H]1CC[C@H]2Cc3occ(C)c3C[C@]2(C)[C@H]1OC(=O)C(C)=CC. The van der Waals surface area contributed by atoms with Crippen LogP contribution in [0.5, 0.6) is 0 Å². The van der Waals surface area contributed by atoms with Crippen molar-refractivity contribution in [1.82, 2.24) is 0 Å². The molecular formula is C24H32O5. The number of rotatable bonds is 4. The van der Waals surface area contributed by atoms with Crippen LogP contribution in [0.2, 0.25) is 0 Å². The fourth-order valence-electron chi connectivity index (χ4n) is 4.63. The molecule has 0 radical (unpaired) electrons. The van der Waals surface area contributed by atoms with E-state index in [-0.39, 0.29) is 17.4 Å². The van der Waals surface area contributed by atoms with Gasteiger partial charge >= 0.3 is 11.9 Å². The van der Waals surface area contributed by atoms with E-state index in [1.54, 1.807) is 26.0 Å². The van der Waals surface area contributed by atoms with Gasteiger partial charge in [0.1, 0.15) is 18.0 Å². The highest BCUT2D eigenvalue weighted by Gasteiger charge is 2.54. The molecular weight excluding hydrogens is 368 g/mol. The van der Waals surface area contributed by atoms with Gasteiger partial charge in [-0.3, -0.25) is 0 Å². The molecule has 2 aliphatic carbocycles. The average molecular weight is 401 g/mol. The molecule has 3 rings (SSSR count). The number of carbonyl (C=O) groups excluding carboxylic acids is 2. The molecule has 158 valence electrons. The molecule has 1 fully saturated rings. The lowest BCUT2D eigenvalue weighted by Gasteiger charge is -2.51. The van der Waals surface area contributed by atoms with Crippen molar-refractivity contribution in [3.63, 3.8) is 0 Å². The van der Waals surface area contributed by atoms with E-state index in [9.17, 15) is 9.59 Å². The van der Waals surface area contributed by atoms with Crippen molar-refractivity contribution in [2.24, 2.45) is 11.3 Å². The smallest absolute Gasteiger partial charge is 0.333 e. The maximum absolute atomic E-state index is 12.7. The van der Waals surface area contributed by atoms with Crippen LogP contribution < -0.4 is 0 Å². The fraction of sp³-hybridized carbons (Fsp3) is 0.583. The summed E-state index contributed by atoms with van der Waals surface area (Å²) in [6.45, 7) is 11.3. The van der Waals surface area contributed by atoms with Crippen LogP contribution in [0.1, 0.15) is 64.3 Å². The number of aryl methyl sites for hydroxylation is 1. The second kappa shape index (κ2) is 8.21. The number of furan rings is 1. The molecule has 0 amide bonds. The lowest BCUT2D eigenvalue weighted by atomic mass is 9.58. The van der Waals surface area contributed by atoms with Crippen molar-refractivity contribution in [3.8, 4) is 0 Å². The van der Waals surface area contributed by atoms with Gasteiger partial charge in [-0.15, -0.1) is 0 Å². The van der Waals surface area contributed by atoms with E-state index in [1.807, 2.05) is 27.0 Å². The van der Waals surface area contributed by atoms with Gasteiger partial charge in [0.15, 0.2) is 0 Å². The highest BCUT2D eigenvalue weighted by molar-refractivity contribution is 5.88. The molecule has 2 aliphatic rings. The first-order valence-electron chi connectivity index (χ1n) is 10.4. The molecule has 29 heavy (non-hydrogen) atoms. The molecule has 0 saturated heterocycles. The average Bonchev–Trinajstić information content (AvgIpc) is 3.06. The molecule has 0 aliphatic heterocycles. The molecule has 1 saturated carbocycles. The fourth-order valence-corrected chi connectivity index (χ4v) is 4.63. The predicted molar refractivity (Wildman–Crippen MR) is 110 cm³/mol. The van der Waals surface area contributed by atoms with Gasteiger partial charge in [0, 0.05) is 23.0 Å². The molecule has 0 spiro atoms. The van der Waals surface area contributed by atoms with Gasteiger partial charge < -0.3 is 13.9 Å². The molecule has 0 unspecified atom stereocenters. The first-order chi connectivity index (χ1) is 13.7. The Kier molecular flexibility index (Phi) is 6.06. The summed E-state index contributed by atoms with van der Waals surface area (Å²) in [5.74, 6) is 0.652. The van der Waals surface area contributed by atoms with Crippen LogP contribution in [0.3, 0.4) is 0 Å². The zero-order chi connectivity index (χ0) is 21.3. The summed E-state index contributed by atoms with van der Waals surface area (Å²) in [6.07, 6.45) is 7.48. The summed E-state index contributed by atoms with van der Waals surface area (Å²) in [6, 6.07) is 0. The zero-order valence-electron chi connectivity index (χ0n) is 18.3. The van der Waals surface area contributed by atoms with E-state index in [4.69, 9.17) is 13.9 Å². The Labute approximate surface area is 173 Å². The van der Waals surface area contributed by atoms with Gasteiger partial charge in [0.2, 0.25) is 0 Å². The van der Waals surface area contributed by atoms with Crippen molar-refractivity contribution in [2.75, 3.05) is 0 Å².